The summed E-state index contributed by atoms with van der Waals surface area (Å²) in [4.78, 5) is 8.29. The SMILES string of the molecule is CSC1(CNc2cc(C)nc(Cl)n2)CCCCC1. The van der Waals surface area contributed by atoms with E-state index in [1.807, 2.05) is 24.8 Å². The van der Waals surface area contributed by atoms with E-state index in [1.165, 1.54) is 32.1 Å². The maximum Gasteiger partial charge on any atom is 0.224 e. The van der Waals surface area contributed by atoms with Crippen LogP contribution >= 0.6 is 23.4 Å². The second kappa shape index (κ2) is 6.11. The van der Waals surface area contributed by atoms with Crippen molar-refractivity contribution in [3.8, 4) is 0 Å². The summed E-state index contributed by atoms with van der Waals surface area (Å²) >= 11 is 7.85. The molecule has 3 nitrogen and oxygen atoms in total. The standard InChI is InChI=1S/C13H20ClN3S/c1-10-8-11(17-12(14)16-10)15-9-13(18-2)6-4-3-5-7-13/h8H,3-7,9H2,1-2H3,(H,15,16,17). The molecule has 100 valence electrons. The van der Waals surface area contributed by atoms with E-state index in [2.05, 4.69) is 21.5 Å². The molecule has 18 heavy (non-hydrogen) atoms. The first-order valence-electron chi connectivity index (χ1n) is 6.44. The fourth-order valence-corrected chi connectivity index (χ4v) is 3.66. The molecule has 0 unspecified atom stereocenters. The molecule has 1 heterocycles. The Morgan fingerprint density at radius 2 is 2.06 bits per heavy atom. The number of aryl methyl sites for hydroxylation is 1. The molecule has 0 atom stereocenters. The molecule has 0 aliphatic heterocycles. The molecule has 1 aliphatic carbocycles. The molecular weight excluding hydrogens is 266 g/mol. The van der Waals surface area contributed by atoms with Crippen molar-refractivity contribution >= 4 is 29.2 Å². The maximum atomic E-state index is 5.87. The third-order valence-corrected chi connectivity index (χ3v) is 5.20. The summed E-state index contributed by atoms with van der Waals surface area (Å²) in [5.74, 6) is 0.839. The largest absolute Gasteiger partial charge is 0.369 e. The van der Waals surface area contributed by atoms with Crippen LogP contribution in [0.1, 0.15) is 37.8 Å². The summed E-state index contributed by atoms with van der Waals surface area (Å²) in [6.07, 6.45) is 8.85. The van der Waals surface area contributed by atoms with Crippen LogP contribution in [-0.2, 0) is 0 Å². The fourth-order valence-electron chi connectivity index (χ4n) is 2.52. The van der Waals surface area contributed by atoms with Gasteiger partial charge in [0.05, 0.1) is 0 Å². The minimum atomic E-state index is 0.319. The molecule has 1 N–H and O–H groups in total. The van der Waals surface area contributed by atoms with Gasteiger partial charge in [-0.15, -0.1) is 0 Å². The molecule has 5 heteroatoms. The maximum absolute atomic E-state index is 5.87. The second-order valence-corrected chi connectivity index (χ2v) is 6.58. The van der Waals surface area contributed by atoms with E-state index in [0.29, 0.717) is 10.0 Å². The minimum Gasteiger partial charge on any atom is -0.369 e. The molecule has 2 rings (SSSR count). The number of aromatic nitrogens is 2. The van der Waals surface area contributed by atoms with E-state index in [-0.39, 0.29) is 0 Å². The topological polar surface area (TPSA) is 37.8 Å². The van der Waals surface area contributed by atoms with Gasteiger partial charge in [-0.25, -0.2) is 9.97 Å². The van der Waals surface area contributed by atoms with Gasteiger partial charge in [-0.05, 0) is 37.6 Å². The van der Waals surface area contributed by atoms with Gasteiger partial charge in [0.15, 0.2) is 0 Å². The molecule has 1 fully saturated rings. The minimum absolute atomic E-state index is 0.319. The highest BCUT2D eigenvalue weighted by Crippen LogP contribution is 2.38. The molecule has 0 radical (unpaired) electrons. The zero-order valence-corrected chi connectivity index (χ0v) is 12.6. The highest BCUT2D eigenvalue weighted by Gasteiger charge is 2.30. The lowest BCUT2D eigenvalue weighted by atomic mass is 9.88. The molecule has 1 aliphatic rings. The summed E-state index contributed by atoms with van der Waals surface area (Å²) in [5.41, 5.74) is 0.902. The van der Waals surface area contributed by atoms with Crippen LogP contribution in [0.15, 0.2) is 6.07 Å². The number of nitrogens with zero attached hydrogens (tertiary/aromatic N) is 2. The molecule has 0 aromatic carbocycles. The Morgan fingerprint density at radius 3 is 2.67 bits per heavy atom. The molecule has 0 bridgehead atoms. The summed E-state index contributed by atoms with van der Waals surface area (Å²) in [5, 5.41) is 3.75. The first-order valence-corrected chi connectivity index (χ1v) is 8.04. The van der Waals surface area contributed by atoms with Crippen LogP contribution in [0, 0.1) is 6.92 Å². The zero-order chi connectivity index (χ0) is 13.0. The van der Waals surface area contributed by atoms with Crippen molar-refractivity contribution in [3.05, 3.63) is 17.0 Å². The van der Waals surface area contributed by atoms with E-state index in [1.54, 1.807) is 0 Å². The normalized spacial score (nSPS) is 18.6. The average Bonchev–Trinajstić information content (AvgIpc) is 2.36. The van der Waals surface area contributed by atoms with Crippen LogP contribution in [-0.4, -0.2) is 27.5 Å². The fraction of sp³-hybridized carbons (Fsp3) is 0.692. The number of hydrogen-bond donors (Lipinski definition) is 1. The zero-order valence-electron chi connectivity index (χ0n) is 11.0. The number of halogens is 1. The molecule has 1 saturated carbocycles. The Morgan fingerprint density at radius 1 is 1.33 bits per heavy atom. The molecular formula is C13H20ClN3S. The Hall–Kier alpha value is -0.480. The number of nitrogens with one attached hydrogen (secondary N) is 1. The third kappa shape index (κ3) is 3.51. The van der Waals surface area contributed by atoms with Crippen LogP contribution in [0.2, 0.25) is 5.28 Å². The van der Waals surface area contributed by atoms with Gasteiger partial charge in [-0.1, -0.05) is 19.3 Å². The Labute approximate surface area is 118 Å². The van der Waals surface area contributed by atoms with Crippen LogP contribution in [0.25, 0.3) is 0 Å². The predicted molar refractivity (Wildman–Crippen MR) is 79.6 cm³/mol. The van der Waals surface area contributed by atoms with Crippen LogP contribution < -0.4 is 5.32 Å². The van der Waals surface area contributed by atoms with Gasteiger partial charge in [0.2, 0.25) is 5.28 Å². The molecule has 0 spiro atoms. The molecule has 1 aromatic heterocycles. The van der Waals surface area contributed by atoms with Gasteiger partial charge in [0.25, 0.3) is 0 Å². The van der Waals surface area contributed by atoms with Crippen LogP contribution in [0.4, 0.5) is 5.82 Å². The summed E-state index contributed by atoms with van der Waals surface area (Å²) in [7, 11) is 0. The highest BCUT2D eigenvalue weighted by molar-refractivity contribution is 8.00. The van der Waals surface area contributed by atoms with Crippen molar-refractivity contribution in [3.63, 3.8) is 0 Å². The molecule has 0 amide bonds. The van der Waals surface area contributed by atoms with E-state index in [9.17, 15) is 0 Å². The van der Waals surface area contributed by atoms with Gasteiger partial charge in [0.1, 0.15) is 5.82 Å². The monoisotopic (exact) mass is 285 g/mol. The van der Waals surface area contributed by atoms with Crippen molar-refractivity contribution in [1.29, 1.82) is 0 Å². The molecule has 1 aromatic rings. The summed E-state index contributed by atoms with van der Waals surface area (Å²) in [6, 6.07) is 1.95. The van der Waals surface area contributed by atoms with Crippen LogP contribution in [0.5, 0.6) is 0 Å². The van der Waals surface area contributed by atoms with E-state index < -0.39 is 0 Å². The number of rotatable bonds is 4. The second-order valence-electron chi connectivity index (χ2n) is 4.96. The van der Waals surface area contributed by atoms with Crippen molar-refractivity contribution in [1.82, 2.24) is 9.97 Å². The van der Waals surface area contributed by atoms with Crippen molar-refractivity contribution in [2.45, 2.75) is 43.8 Å². The van der Waals surface area contributed by atoms with Crippen LogP contribution in [0.3, 0.4) is 0 Å². The van der Waals surface area contributed by atoms with Gasteiger partial charge in [-0.2, -0.15) is 11.8 Å². The Kier molecular flexibility index (Phi) is 4.73. The Balaban J connectivity index is 2.00. The molecule has 0 saturated heterocycles. The highest BCUT2D eigenvalue weighted by atomic mass is 35.5. The lowest BCUT2D eigenvalue weighted by Gasteiger charge is -2.36. The summed E-state index contributed by atoms with van der Waals surface area (Å²) in [6.45, 7) is 2.89. The first-order chi connectivity index (χ1) is 8.63. The van der Waals surface area contributed by atoms with Gasteiger partial charge < -0.3 is 5.32 Å². The quantitative estimate of drug-likeness (QED) is 0.851. The van der Waals surface area contributed by atoms with E-state index in [4.69, 9.17) is 11.6 Å². The lowest BCUT2D eigenvalue weighted by Crippen LogP contribution is -2.35. The van der Waals surface area contributed by atoms with Gasteiger partial charge in [-0.3, -0.25) is 0 Å². The predicted octanol–water partition coefficient (Wildman–Crippen LogP) is 3.92. The van der Waals surface area contributed by atoms with Gasteiger partial charge >= 0.3 is 0 Å². The third-order valence-electron chi connectivity index (χ3n) is 3.62. The number of anilines is 1. The van der Waals surface area contributed by atoms with Crippen molar-refractivity contribution in [2.75, 3.05) is 18.1 Å². The smallest absolute Gasteiger partial charge is 0.224 e. The van der Waals surface area contributed by atoms with E-state index >= 15 is 0 Å². The number of thioether (sulfide) groups is 1. The van der Waals surface area contributed by atoms with Crippen molar-refractivity contribution < 1.29 is 0 Å². The number of hydrogen-bond acceptors (Lipinski definition) is 4. The lowest BCUT2D eigenvalue weighted by molar-refractivity contribution is 0.411. The average molecular weight is 286 g/mol. The summed E-state index contributed by atoms with van der Waals surface area (Å²) < 4.78 is 0.365. The van der Waals surface area contributed by atoms with Crippen molar-refractivity contribution in [2.24, 2.45) is 0 Å². The van der Waals surface area contributed by atoms with Gasteiger partial charge in [0, 0.05) is 23.1 Å². The van der Waals surface area contributed by atoms with E-state index in [0.717, 1.165) is 18.1 Å². The Bertz CT molecular complexity index is 385. The first kappa shape index (κ1) is 13.9.